The maximum Gasteiger partial charge on any atom is 0.0842 e. The van der Waals surface area contributed by atoms with Crippen LogP contribution in [0, 0.1) is 5.41 Å². The summed E-state index contributed by atoms with van der Waals surface area (Å²) in [5.74, 6) is 0. The summed E-state index contributed by atoms with van der Waals surface area (Å²) in [6.07, 6.45) is 1.44. The summed E-state index contributed by atoms with van der Waals surface area (Å²) < 4.78 is 0. The van der Waals surface area contributed by atoms with Crippen molar-refractivity contribution in [2.45, 2.75) is 26.8 Å². The summed E-state index contributed by atoms with van der Waals surface area (Å²) in [7, 11) is 0. The van der Waals surface area contributed by atoms with Gasteiger partial charge in [-0.25, -0.2) is 0 Å². The molecule has 0 saturated heterocycles. The highest BCUT2D eigenvalue weighted by molar-refractivity contribution is 5.31. The second-order valence-corrected chi connectivity index (χ2v) is 5.06. The molecule has 0 aromatic heterocycles. The molecular formula is C13H16N6. The van der Waals surface area contributed by atoms with E-state index in [1.165, 1.54) is 6.20 Å². The van der Waals surface area contributed by atoms with Crippen molar-refractivity contribution in [3.05, 3.63) is 68.6 Å². The summed E-state index contributed by atoms with van der Waals surface area (Å²) in [5, 5.41) is 7.35. The minimum absolute atomic E-state index is 0.275. The van der Waals surface area contributed by atoms with Crippen molar-refractivity contribution < 1.29 is 0 Å². The third-order valence-corrected chi connectivity index (χ3v) is 2.69. The van der Waals surface area contributed by atoms with Crippen LogP contribution < -0.4 is 0 Å². The van der Waals surface area contributed by atoms with E-state index in [4.69, 9.17) is 11.1 Å². The quantitative estimate of drug-likeness (QED) is 0.398. The Balaban J connectivity index is 3.37. The van der Waals surface area contributed by atoms with E-state index in [0.29, 0.717) is 0 Å². The van der Waals surface area contributed by atoms with Crippen molar-refractivity contribution in [3.63, 3.8) is 0 Å². The first-order valence-corrected chi connectivity index (χ1v) is 5.84. The van der Waals surface area contributed by atoms with Crippen LogP contribution in [-0.4, -0.2) is 0 Å². The fraction of sp³-hybridized carbons (Fsp3) is 0.385. The standard InChI is InChI=1S/C13H16N6/c1-13(2,3)11(9-16-18-14)12(17-19-15)10-7-5-4-6-8-10/h4-9,12H,1-3H3/b11-9-. The van der Waals surface area contributed by atoms with E-state index in [2.05, 4.69) is 20.1 Å². The Morgan fingerprint density at radius 2 is 1.79 bits per heavy atom. The normalized spacial score (nSPS) is 13.1. The Morgan fingerprint density at radius 3 is 2.26 bits per heavy atom. The topological polar surface area (TPSA) is 97.5 Å². The van der Waals surface area contributed by atoms with Gasteiger partial charge in [0.25, 0.3) is 0 Å². The largest absolute Gasteiger partial charge is 0.0842 e. The van der Waals surface area contributed by atoms with Crippen molar-refractivity contribution in [1.29, 1.82) is 0 Å². The highest BCUT2D eigenvalue weighted by atomic mass is 15.2. The second-order valence-electron chi connectivity index (χ2n) is 5.06. The fourth-order valence-electron chi connectivity index (χ4n) is 1.76. The molecule has 0 saturated carbocycles. The summed E-state index contributed by atoms with van der Waals surface area (Å²) in [4.78, 5) is 5.64. The first-order valence-electron chi connectivity index (χ1n) is 5.84. The molecule has 6 heteroatoms. The number of hydrogen-bond donors (Lipinski definition) is 0. The molecule has 0 amide bonds. The minimum atomic E-state index is -0.475. The summed E-state index contributed by atoms with van der Waals surface area (Å²) in [6.45, 7) is 5.94. The second kappa shape index (κ2) is 6.50. The van der Waals surface area contributed by atoms with Gasteiger partial charge in [-0.05, 0) is 27.6 Å². The third kappa shape index (κ3) is 4.07. The van der Waals surface area contributed by atoms with Crippen LogP contribution >= 0.6 is 0 Å². The molecule has 19 heavy (non-hydrogen) atoms. The van der Waals surface area contributed by atoms with Crippen molar-refractivity contribution in [2.75, 3.05) is 0 Å². The summed E-state index contributed by atoms with van der Waals surface area (Å²) in [6, 6.07) is 8.94. The van der Waals surface area contributed by atoms with Gasteiger partial charge in [-0.1, -0.05) is 61.3 Å². The molecule has 1 unspecified atom stereocenters. The zero-order valence-electron chi connectivity index (χ0n) is 11.2. The molecule has 1 aromatic carbocycles. The van der Waals surface area contributed by atoms with Crippen molar-refractivity contribution in [3.8, 4) is 0 Å². The van der Waals surface area contributed by atoms with Crippen LogP contribution in [0.4, 0.5) is 0 Å². The smallest absolute Gasteiger partial charge is 0.0815 e. The fourth-order valence-corrected chi connectivity index (χ4v) is 1.76. The SMILES string of the molecule is CC(C)(C)/C(=C\N=[N+]=[N-])C(N=[N+]=[N-])c1ccccc1. The number of benzene rings is 1. The Kier molecular flexibility index (Phi) is 5.01. The predicted molar refractivity (Wildman–Crippen MR) is 75.0 cm³/mol. The van der Waals surface area contributed by atoms with E-state index in [0.717, 1.165) is 11.1 Å². The first-order chi connectivity index (χ1) is 9.00. The summed E-state index contributed by atoms with van der Waals surface area (Å²) >= 11 is 0. The highest BCUT2D eigenvalue weighted by Crippen LogP contribution is 2.38. The Hall–Kier alpha value is -2.42. The van der Waals surface area contributed by atoms with Gasteiger partial charge in [0.2, 0.25) is 0 Å². The van der Waals surface area contributed by atoms with Gasteiger partial charge < -0.3 is 0 Å². The molecule has 1 rings (SSSR count). The molecule has 98 valence electrons. The average molecular weight is 256 g/mol. The number of azide groups is 2. The van der Waals surface area contributed by atoms with E-state index >= 15 is 0 Å². The molecule has 0 aliphatic heterocycles. The molecule has 0 fully saturated rings. The lowest BCUT2D eigenvalue weighted by molar-refractivity contribution is 0.463. The number of nitrogens with zero attached hydrogens (tertiary/aromatic N) is 6. The first kappa shape index (κ1) is 14.6. The Bertz CT molecular complexity index is 542. The molecule has 0 aliphatic carbocycles. The lowest BCUT2D eigenvalue weighted by atomic mass is 9.80. The molecule has 0 bridgehead atoms. The van der Waals surface area contributed by atoms with Gasteiger partial charge in [-0.3, -0.25) is 0 Å². The Morgan fingerprint density at radius 1 is 1.16 bits per heavy atom. The van der Waals surface area contributed by atoms with E-state index in [1.807, 2.05) is 51.1 Å². The van der Waals surface area contributed by atoms with Crippen molar-refractivity contribution >= 4 is 0 Å². The van der Waals surface area contributed by atoms with Gasteiger partial charge >= 0.3 is 0 Å². The lowest BCUT2D eigenvalue weighted by Gasteiger charge is -2.28. The lowest BCUT2D eigenvalue weighted by Crippen LogP contribution is -2.15. The molecule has 0 N–H and O–H groups in total. The van der Waals surface area contributed by atoms with Gasteiger partial charge in [0.05, 0.1) is 6.04 Å². The molecule has 1 atom stereocenters. The minimum Gasteiger partial charge on any atom is -0.0815 e. The monoisotopic (exact) mass is 256 g/mol. The van der Waals surface area contributed by atoms with E-state index in [-0.39, 0.29) is 5.41 Å². The van der Waals surface area contributed by atoms with Crippen LogP contribution in [0.25, 0.3) is 20.9 Å². The van der Waals surface area contributed by atoms with Gasteiger partial charge in [0.15, 0.2) is 0 Å². The third-order valence-electron chi connectivity index (χ3n) is 2.69. The van der Waals surface area contributed by atoms with Crippen LogP contribution in [-0.2, 0) is 0 Å². The van der Waals surface area contributed by atoms with E-state index in [1.54, 1.807) is 0 Å². The molecule has 0 heterocycles. The van der Waals surface area contributed by atoms with Gasteiger partial charge in [-0.2, -0.15) is 0 Å². The predicted octanol–water partition coefficient (Wildman–Crippen LogP) is 5.28. The highest BCUT2D eigenvalue weighted by Gasteiger charge is 2.25. The van der Waals surface area contributed by atoms with Gasteiger partial charge in [-0.15, -0.1) is 0 Å². The average Bonchev–Trinajstić information content (AvgIpc) is 2.37. The molecular weight excluding hydrogens is 240 g/mol. The molecule has 0 radical (unpaired) electrons. The van der Waals surface area contributed by atoms with Crippen molar-refractivity contribution in [1.82, 2.24) is 0 Å². The number of rotatable bonds is 4. The van der Waals surface area contributed by atoms with Crippen LogP contribution in [0.3, 0.4) is 0 Å². The maximum atomic E-state index is 8.77. The molecule has 6 nitrogen and oxygen atoms in total. The van der Waals surface area contributed by atoms with Crippen molar-refractivity contribution in [2.24, 2.45) is 15.6 Å². The van der Waals surface area contributed by atoms with Gasteiger partial charge in [0.1, 0.15) is 0 Å². The molecule has 1 aromatic rings. The van der Waals surface area contributed by atoms with Gasteiger partial charge in [0, 0.05) is 16.0 Å². The zero-order valence-corrected chi connectivity index (χ0v) is 11.2. The van der Waals surface area contributed by atoms with E-state index < -0.39 is 6.04 Å². The van der Waals surface area contributed by atoms with Crippen LogP contribution in [0.5, 0.6) is 0 Å². The molecule has 0 spiro atoms. The van der Waals surface area contributed by atoms with E-state index in [9.17, 15) is 0 Å². The van der Waals surface area contributed by atoms with Crippen LogP contribution in [0.1, 0.15) is 32.4 Å². The maximum absolute atomic E-state index is 8.77. The van der Waals surface area contributed by atoms with Crippen LogP contribution in [0.15, 0.2) is 52.3 Å². The Labute approximate surface area is 112 Å². The molecule has 0 aliphatic rings. The summed E-state index contributed by atoms with van der Waals surface area (Å²) in [5.41, 5.74) is 18.6. The number of hydrogen-bond acceptors (Lipinski definition) is 2. The zero-order chi connectivity index (χ0) is 14.3. The van der Waals surface area contributed by atoms with Crippen LogP contribution in [0.2, 0.25) is 0 Å².